The normalized spacial score (nSPS) is 29.4. The van der Waals surface area contributed by atoms with Gasteiger partial charge in [0.25, 0.3) is 0 Å². The van der Waals surface area contributed by atoms with Gasteiger partial charge in [0.15, 0.2) is 0 Å². The topological polar surface area (TPSA) is 58.6 Å². The zero-order valence-electron chi connectivity index (χ0n) is 13.1. The molecule has 1 amide bonds. The van der Waals surface area contributed by atoms with Gasteiger partial charge in [0, 0.05) is 12.6 Å². The minimum absolute atomic E-state index is 0.205. The average Bonchev–Trinajstić information content (AvgIpc) is 2.28. The second-order valence-corrected chi connectivity index (χ2v) is 7.57. The van der Waals surface area contributed by atoms with Crippen LogP contribution in [0.4, 0.5) is 4.79 Å². The molecule has 0 heterocycles. The summed E-state index contributed by atoms with van der Waals surface area (Å²) in [5, 5.41) is 12.6. The first-order chi connectivity index (χ1) is 9.35. The van der Waals surface area contributed by atoms with Crippen molar-refractivity contribution in [2.24, 2.45) is 11.3 Å². The lowest BCUT2D eigenvalue weighted by Crippen LogP contribution is -2.46. The smallest absolute Gasteiger partial charge is 0.407 e. The highest BCUT2D eigenvalue weighted by Crippen LogP contribution is 2.51. The van der Waals surface area contributed by atoms with Crippen LogP contribution in [0.1, 0.15) is 65.7 Å². The molecule has 0 saturated heterocycles. The number of amides is 1. The number of aliphatic hydroxyl groups is 1. The van der Waals surface area contributed by atoms with E-state index in [1.165, 1.54) is 19.3 Å². The Labute approximate surface area is 122 Å². The van der Waals surface area contributed by atoms with Crippen LogP contribution in [0.3, 0.4) is 0 Å². The molecule has 4 nitrogen and oxygen atoms in total. The van der Waals surface area contributed by atoms with Crippen molar-refractivity contribution in [1.82, 2.24) is 5.32 Å². The summed E-state index contributed by atoms with van der Waals surface area (Å²) in [6.45, 7) is 5.98. The first-order valence-corrected chi connectivity index (χ1v) is 7.95. The lowest BCUT2D eigenvalue weighted by molar-refractivity contribution is -0.0317. The lowest BCUT2D eigenvalue weighted by Gasteiger charge is -2.49. The van der Waals surface area contributed by atoms with Crippen LogP contribution < -0.4 is 5.32 Å². The number of ether oxygens (including phenoxy) is 1. The van der Waals surface area contributed by atoms with Crippen LogP contribution in [0.15, 0.2) is 0 Å². The van der Waals surface area contributed by atoms with Gasteiger partial charge in [-0.25, -0.2) is 4.79 Å². The van der Waals surface area contributed by atoms with Crippen molar-refractivity contribution in [3.63, 3.8) is 0 Å². The van der Waals surface area contributed by atoms with Gasteiger partial charge in [0.05, 0.1) is 0 Å². The van der Waals surface area contributed by atoms with Gasteiger partial charge in [-0.1, -0.05) is 6.42 Å². The van der Waals surface area contributed by atoms with Crippen molar-refractivity contribution in [3.8, 4) is 0 Å². The summed E-state index contributed by atoms with van der Waals surface area (Å²) in [5.41, 5.74) is -0.231. The van der Waals surface area contributed by atoms with Gasteiger partial charge in [-0.2, -0.15) is 0 Å². The molecule has 4 heteroatoms. The van der Waals surface area contributed by atoms with E-state index in [1.54, 1.807) is 0 Å². The highest BCUT2D eigenvalue weighted by atomic mass is 16.6. The van der Waals surface area contributed by atoms with Gasteiger partial charge < -0.3 is 15.2 Å². The standard InChI is InChI=1S/C16H29NO3/c1-15(2,3)20-14(19)17-13-7-5-12(6-8-13)16(11-18)9-4-10-16/h12-13,18H,4-11H2,1-3H3,(H,17,19). The van der Waals surface area contributed by atoms with Crippen LogP contribution in [0.5, 0.6) is 0 Å². The molecule has 116 valence electrons. The van der Waals surface area contributed by atoms with Gasteiger partial charge in [0.2, 0.25) is 0 Å². The van der Waals surface area contributed by atoms with E-state index in [4.69, 9.17) is 4.74 Å². The average molecular weight is 283 g/mol. The Hall–Kier alpha value is -0.770. The molecule has 20 heavy (non-hydrogen) atoms. The maximum absolute atomic E-state index is 11.8. The molecule has 0 spiro atoms. The Balaban J connectivity index is 1.76. The lowest BCUT2D eigenvalue weighted by atomic mass is 9.58. The highest BCUT2D eigenvalue weighted by molar-refractivity contribution is 5.68. The van der Waals surface area contributed by atoms with E-state index < -0.39 is 5.60 Å². The van der Waals surface area contributed by atoms with Crippen molar-refractivity contribution < 1.29 is 14.6 Å². The number of hydrogen-bond donors (Lipinski definition) is 2. The molecule has 2 rings (SSSR count). The molecule has 2 fully saturated rings. The Morgan fingerprint density at radius 2 is 1.85 bits per heavy atom. The number of nitrogens with one attached hydrogen (secondary N) is 1. The van der Waals surface area contributed by atoms with Crippen LogP contribution >= 0.6 is 0 Å². The van der Waals surface area contributed by atoms with Gasteiger partial charge in [0.1, 0.15) is 5.60 Å². The van der Waals surface area contributed by atoms with E-state index in [-0.39, 0.29) is 17.6 Å². The van der Waals surface area contributed by atoms with Gasteiger partial charge in [-0.05, 0) is 70.6 Å². The third kappa shape index (κ3) is 3.66. The SMILES string of the molecule is CC(C)(C)OC(=O)NC1CCC(C2(CO)CCC2)CC1. The first-order valence-electron chi connectivity index (χ1n) is 7.95. The van der Waals surface area contributed by atoms with Crippen LogP contribution in [-0.2, 0) is 4.74 Å². The summed E-state index contributed by atoms with van der Waals surface area (Å²) in [5.74, 6) is 0.637. The molecule has 0 unspecified atom stereocenters. The summed E-state index contributed by atoms with van der Waals surface area (Å²) < 4.78 is 5.30. The predicted molar refractivity (Wildman–Crippen MR) is 78.5 cm³/mol. The molecule has 0 atom stereocenters. The van der Waals surface area contributed by atoms with Crippen molar-refractivity contribution in [2.45, 2.75) is 77.4 Å². The van der Waals surface area contributed by atoms with Crippen molar-refractivity contribution >= 4 is 6.09 Å². The molecule has 2 aliphatic carbocycles. The molecule has 0 bridgehead atoms. The zero-order chi connectivity index (χ0) is 14.8. The summed E-state index contributed by atoms with van der Waals surface area (Å²) in [4.78, 5) is 11.8. The third-order valence-corrected chi connectivity index (χ3v) is 4.98. The Morgan fingerprint density at radius 1 is 1.25 bits per heavy atom. The molecular formula is C16H29NO3. The summed E-state index contributed by atoms with van der Waals surface area (Å²) in [7, 11) is 0. The summed E-state index contributed by atoms with van der Waals surface area (Å²) in [6.07, 6.45) is 7.55. The van der Waals surface area contributed by atoms with Gasteiger partial charge in [-0.15, -0.1) is 0 Å². The highest BCUT2D eigenvalue weighted by Gasteiger charge is 2.44. The Morgan fingerprint density at radius 3 is 2.25 bits per heavy atom. The molecule has 0 aromatic carbocycles. The molecular weight excluding hydrogens is 254 g/mol. The number of alkyl carbamates (subject to hydrolysis) is 1. The van der Waals surface area contributed by atoms with E-state index in [0.717, 1.165) is 25.7 Å². The number of hydrogen-bond acceptors (Lipinski definition) is 3. The second-order valence-electron chi connectivity index (χ2n) is 7.57. The minimum atomic E-state index is -0.436. The van der Waals surface area contributed by atoms with E-state index in [0.29, 0.717) is 12.5 Å². The molecule has 0 aliphatic heterocycles. The summed E-state index contributed by atoms with van der Waals surface area (Å²) >= 11 is 0. The molecule has 0 aromatic rings. The van der Waals surface area contributed by atoms with Gasteiger partial charge in [-0.3, -0.25) is 0 Å². The van der Waals surface area contributed by atoms with E-state index in [1.807, 2.05) is 20.8 Å². The number of carbonyl (C=O) groups excluding carboxylic acids is 1. The minimum Gasteiger partial charge on any atom is -0.444 e. The van der Waals surface area contributed by atoms with Crippen molar-refractivity contribution in [3.05, 3.63) is 0 Å². The zero-order valence-corrected chi connectivity index (χ0v) is 13.1. The molecule has 0 radical (unpaired) electrons. The van der Waals surface area contributed by atoms with Crippen LogP contribution in [0, 0.1) is 11.3 Å². The summed E-state index contributed by atoms with van der Waals surface area (Å²) in [6, 6.07) is 0.233. The molecule has 2 N–H and O–H groups in total. The third-order valence-electron chi connectivity index (χ3n) is 4.98. The second kappa shape index (κ2) is 5.92. The quantitative estimate of drug-likeness (QED) is 0.836. The fourth-order valence-electron chi connectivity index (χ4n) is 3.65. The van der Waals surface area contributed by atoms with Crippen LogP contribution in [0.25, 0.3) is 0 Å². The van der Waals surface area contributed by atoms with Crippen LogP contribution in [-0.4, -0.2) is 29.4 Å². The fraction of sp³-hybridized carbons (Fsp3) is 0.938. The number of aliphatic hydroxyl groups excluding tert-OH is 1. The Kier molecular flexibility index (Phi) is 4.62. The van der Waals surface area contributed by atoms with Crippen molar-refractivity contribution in [1.29, 1.82) is 0 Å². The fourth-order valence-corrected chi connectivity index (χ4v) is 3.65. The Bertz CT molecular complexity index is 331. The number of carbonyl (C=O) groups is 1. The van der Waals surface area contributed by atoms with E-state index in [9.17, 15) is 9.90 Å². The van der Waals surface area contributed by atoms with Gasteiger partial charge >= 0.3 is 6.09 Å². The largest absolute Gasteiger partial charge is 0.444 e. The maximum atomic E-state index is 11.8. The molecule has 2 saturated carbocycles. The molecule has 2 aliphatic rings. The van der Waals surface area contributed by atoms with E-state index >= 15 is 0 Å². The molecule has 0 aromatic heterocycles. The maximum Gasteiger partial charge on any atom is 0.407 e. The van der Waals surface area contributed by atoms with Crippen molar-refractivity contribution in [2.75, 3.05) is 6.61 Å². The number of rotatable bonds is 3. The first kappa shape index (κ1) is 15.6. The monoisotopic (exact) mass is 283 g/mol. The van der Waals surface area contributed by atoms with E-state index in [2.05, 4.69) is 5.32 Å². The predicted octanol–water partition coefficient (Wildman–Crippen LogP) is 3.23. The van der Waals surface area contributed by atoms with Crippen LogP contribution in [0.2, 0.25) is 0 Å².